The highest BCUT2D eigenvalue weighted by Gasteiger charge is 2.21. The predicted molar refractivity (Wildman–Crippen MR) is 80.4 cm³/mol. The summed E-state index contributed by atoms with van der Waals surface area (Å²) in [7, 11) is 0. The molecule has 0 spiro atoms. The van der Waals surface area contributed by atoms with Gasteiger partial charge < -0.3 is 10.6 Å². The lowest BCUT2D eigenvalue weighted by Crippen LogP contribution is -2.31. The number of nitro groups is 1. The minimum atomic E-state index is -0.340. The lowest BCUT2D eigenvalue weighted by Gasteiger charge is -2.23. The van der Waals surface area contributed by atoms with Gasteiger partial charge in [0.25, 0.3) is 0 Å². The van der Waals surface area contributed by atoms with E-state index >= 15 is 0 Å². The SMILES string of the molecule is O=[N+]([O-])c1c(NCC2CCNCC2)ccc2scnc12. The van der Waals surface area contributed by atoms with Gasteiger partial charge in [0.2, 0.25) is 0 Å². The van der Waals surface area contributed by atoms with Crippen LogP contribution in [0.5, 0.6) is 0 Å². The molecule has 0 atom stereocenters. The van der Waals surface area contributed by atoms with Crippen LogP contribution in [-0.4, -0.2) is 29.5 Å². The fraction of sp³-hybridized carbons (Fsp3) is 0.462. The summed E-state index contributed by atoms with van der Waals surface area (Å²) >= 11 is 1.42. The highest BCUT2D eigenvalue weighted by atomic mass is 32.1. The molecule has 2 N–H and O–H groups in total. The molecule has 6 nitrogen and oxygen atoms in total. The van der Waals surface area contributed by atoms with Crippen molar-refractivity contribution in [3.8, 4) is 0 Å². The van der Waals surface area contributed by atoms with Crippen molar-refractivity contribution in [2.45, 2.75) is 12.8 Å². The van der Waals surface area contributed by atoms with Gasteiger partial charge in [0.05, 0.1) is 15.1 Å². The first-order valence-corrected chi connectivity index (χ1v) is 7.59. The van der Waals surface area contributed by atoms with Gasteiger partial charge >= 0.3 is 5.69 Å². The van der Waals surface area contributed by atoms with E-state index in [1.807, 2.05) is 6.07 Å². The number of rotatable bonds is 4. The van der Waals surface area contributed by atoms with Gasteiger partial charge in [-0.3, -0.25) is 10.1 Å². The van der Waals surface area contributed by atoms with Gasteiger partial charge in [-0.25, -0.2) is 4.98 Å². The van der Waals surface area contributed by atoms with Crippen LogP contribution in [-0.2, 0) is 0 Å². The molecule has 0 unspecified atom stereocenters. The number of hydrogen-bond acceptors (Lipinski definition) is 6. The van der Waals surface area contributed by atoms with Gasteiger partial charge in [0.1, 0.15) is 5.69 Å². The molecule has 0 radical (unpaired) electrons. The molecule has 0 amide bonds. The molecule has 2 heterocycles. The number of aromatic nitrogens is 1. The van der Waals surface area contributed by atoms with Crippen molar-refractivity contribution in [1.29, 1.82) is 0 Å². The Morgan fingerprint density at radius 2 is 2.25 bits per heavy atom. The molecular formula is C13H16N4O2S. The molecule has 1 aliphatic rings. The van der Waals surface area contributed by atoms with E-state index < -0.39 is 0 Å². The van der Waals surface area contributed by atoms with E-state index in [2.05, 4.69) is 15.6 Å². The van der Waals surface area contributed by atoms with Gasteiger partial charge in [-0.1, -0.05) is 0 Å². The second-order valence-corrected chi connectivity index (χ2v) is 5.88. The lowest BCUT2D eigenvalue weighted by molar-refractivity contribution is -0.382. The standard InChI is InChI=1S/C13H16N4O2S/c18-17(19)13-10(1-2-11-12(13)16-8-20-11)15-7-9-3-5-14-6-4-9/h1-2,8-9,14-15H,3-7H2. The molecule has 1 saturated heterocycles. The van der Waals surface area contributed by atoms with Crippen molar-refractivity contribution in [3.63, 3.8) is 0 Å². The van der Waals surface area contributed by atoms with E-state index in [0.717, 1.165) is 37.2 Å². The molecule has 2 aromatic rings. The van der Waals surface area contributed by atoms with E-state index in [1.54, 1.807) is 11.6 Å². The Kier molecular flexibility index (Phi) is 3.79. The highest BCUT2D eigenvalue weighted by Crippen LogP contribution is 2.34. The number of nitrogens with zero attached hydrogens (tertiary/aromatic N) is 2. The number of nitrogens with one attached hydrogen (secondary N) is 2. The maximum atomic E-state index is 11.3. The number of nitro benzene ring substituents is 1. The summed E-state index contributed by atoms with van der Waals surface area (Å²) in [6, 6.07) is 3.69. The van der Waals surface area contributed by atoms with Gasteiger partial charge in [-0.2, -0.15) is 0 Å². The van der Waals surface area contributed by atoms with Gasteiger partial charge in [-0.15, -0.1) is 11.3 Å². The smallest absolute Gasteiger partial charge is 0.319 e. The fourth-order valence-electron chi connectivity index (χ4n) is 2.58. The molecule has 0 aliphatic carbocycles. The van der Waals surface area contributed by atoms with Crippen molar-refractivity contribution in [3.05, 3.63) is 27.8 Å². The fourth-order valence-corrected chi connectivity index (χ4v) is 3.26. The monoisotopic (exact) mass is 292 g/mol. The molecule has 20 heavy (non-hydrogen) atoms. The minimum absolute atomic E-state index is 0.0951. The van der Waals surface area contributed by atoms with Crippen LogP contribution in [0, 0.1) is 16.0 Å². The summed E-state index contributed by atoms with van der Waals surface area (Å²) in [5, 5.41) is 17.9. The zero-order valence-corrected chi connectivity index (χ0v) is 11.8. The maximum absolute atomic E-state index is 11.3. The quantitative estimate of drug-likeness (QED) is 0.669. The summed E-state index contributed by atoms with van der Waals surface area (Å²) in [5.74, 6) is 0.571. The summed E-state index contributed by atoms with van der Waals surface area (Å²) in [6.07, 6.45) is 2.22. The Hall–Kier alpha value is -1.73. The first kappa shape index (κ1) is 13.3. The highest BCUT2D eigenvalue weighted by molar-refractivity contribution is 7.16. The number of thiazole rings is 1. The third-order valence-corrected chi connectivity index (χ3v) is 4.49. The number of fused-ring (bicyclic) bond motifs is 1. The number of anilines is 1. The van der Waals surface area contributed by atoms with Gasteiger partial charge in [0, 0.05) is 6.54 Å². The molecule has 3 rings (SSSR count). The molecule has 1 aromatic heterocycles. The van der Waals surface area contributed by atoms with Crippen LogP contribution in [0.1, 0.15) is 12.8 Å². The zero-order valence-electron chi connectivity index (χ0n) is 11.0. The predicted octanol–water partition coefficient (Wildman–Crippen LogP) is 2.62. The Morgan fingerprint density at radius 3 is 3.00 bits per heavy atom. The largest absolute Gasteiger partial charge is 0.379 e. The van der Waals surface area contributed by atoms with Gasteiger partial charge in [0.15, 0.2) is 5.52 Å². The molecule has 0 saturated carbocycles. The molecule has 106 valence electrons. The Morgan fingerprint density at radius 1 is 1.45 bits per heavy atom. The van der Waals surface area contributed by atoms with Crippen LogP contribution in [0.3, 0.4) is 0 Å². The van der Waals surface area contributed by atoms with E-state index in [4.69, 9.17) is 0 Å². The van der Waals surface area contributed by atoms with Crippen LogP contribution in [0.25, 0.3) is 10.2 Å². The van der Waals surface area contributed by atoms with Crippen LogP contribution in [0.15, 0.2) is 17.6 Å². The van der Waals surface area contributed by atoms with Crippen molar-refractivity contribution in [2.24, 2.45) is 5.92 Å². The third kappa shape index (κ3) is 2.59. The average molecular weight is 292 g/mol. The Labute approximate surface area is 120 Å². The van der Waals surface area contributed by atoms with Gasteiger partial charge in [-0.05, 0) is 44.0 Å². The first-order chi connectivity index (χ1) is 9.75. The number of piperidine rings is 1. The molecule has 7 heteroatoms. The minimum Gasteiger partial charge on any atom is -0.379 e. The molecule has 1 aromatic carbocycles. The van der Waals surface area contributed by atoms with Crippen LogP contribution < -0.4 is 10.6 Å². The summed E-state index contributed by atoms with van der Waals surface area (Å²) in [4.78, 5) is 15.1. The summed E-state index contributed by atoms with van der Waals surface area (Å²) in [5.41, 5.74) is 2.80. The van der Waals surface area contributed by atoms with Crippen molar-refractivity contribution in [2.75, 3.05) is 25.0 Å². The second-order valence-electron chi connectivity index (χ2n) is 4.99. The topological polar surface area (TPSA) is 80.1 Å². The summed E-state index contributed by atoms with van der Waals surface area (Å²) in [6.45, 7) is 2.83. The average Bonchev–Trinajstić information content (AvgIpc) is 2.93. The second kappa shape index (κ2) is 5.72. The Balaban J connectivity index is 1.82. The van der Waals surface area contributed by atoms with E-state index in [0.29, 0.717) is 17.1 Å². The normalized spacial score (nSPS) is 16.4. The van der Waals surface area contributed by atoms with E-state index in [9.17, 15) is 10.1 Å². The van der Waals surface area contributed by atoms with Crippen molar-refractivity contribution < 1.29 is 4.92 Å². The number of hydrogen-bond donors (Lipinski definition) is 2. The van der Waals surface area contributed by atoms with Crippen LogP contribution >= 0.6 is 11.3 Å². The van der Waals surface area contributed by atoms with E-state index in [1.165, 1.54) is 11.3 Å². The Bertz CT molecular complexity index is 622. The van der Waals surface area contributed by atoms with Crippen LogP contribution in [0.2, 0.25) is 0 Å². The third-order valence-electron chi connectivity index (χ3n) is 3.70. The molecule has 0 bridgehead atoms. The van der Waals surface area contributed by atoms with Crippen molar-refractivity contribution in [1.82, 2.24) is 10.3 Å². The zero-order chi connectivity index (χ0) is 13.9. The molecule has 1 aliphatic heterocycles. The molecule has 1 fully saturated rings. The first-order valence-electron chi connectivity index (χ1n) is 6.71. The summed E-state index contributed by atoms with van der Waals surface area (Å²) < 4.78 is 0.851. The van der Waals surface area contributed by atoms with Crippen LogP contribution in [0.4, 0.5) is 11.4 Å². The van der Waals surface area contributed by atoms with Crippen molar-refractivity contribution >= 4 is 32.9 Å². The molecular weight excluding hydrogens is 276 g/mol. The maximum Gasteiger partial charge on any atom is 0.319 e. The number of benzene rings is 1. The van der Waals surface area contributed by atoms with E-state index in [-0.39, 0.29) is 10.6 Å². The lowest BCUT2D eigenvalue weighted by atomic mass is 9.98.